The van der Waals surface area contributed by atoms with Crippen LogP contribution in [0.1, 0.15) is 24.0 Å². The number of fused-ring (bicyclic) bond motifs is 1. The average Bonchev–Trinajstić information content (AvgIpc) is 3.11. The van der Waals surface area contributed by atoms with Crippen molar-refractivity contribution in [3.05, 3.63) is 53.1 Å². The Balaban J connectivity index is 1.48. The Kier molecular flexibility index (Phi) is 5.00. The van der Waals surface area contributed by atoms with Gasteiger partial charge in [0.25, 0.3) is 5.91 Å². The number of nitrogens with one attached hydrogen (secondary N) is 2. The molecule has 6 nitrogen and oxygen atoms in total. The highest BCUT2D eigenvalue weighted by molar-refractivity contribution is 6.39. The number of rotatable bonds is 4. The van der Waals surface area contributed by atoms with Gasteiger partial charge in [-0.15, -0.1) is 0 Å². The molecule has 0 aliphatic carbocycles. The van der Waals surface area contributed by atoms with Crippen molar-refractivity contribution in [3.8, 4) is 16.9 Å². The fourth-order valence-corrected chi connectivity index (χ4v) is 3.48. The number of carbonyl (C=O) groups is 2. The molecular weight excluding hydrogens is 380 g/mol. The van der Waals surface area contributed by atoms with Crippen LogP contribution in [0.15, 0.2) is 35.4 Å². The molecule has 2 aromatic carbocycles. The molecule has 2 aliphatic rings. The van der Waals surface area contributed by atoms with E-state index in [9.17, 15) is 18.4 Å². The van der Waals surface area contributed by atoms with Crippen molar-refractivity contribution < 1.29 is 23.1 Å². The van der Waals surface area contributed by atoms with Crippen molar-refractivity contribution in [2.24, 2.45) is 5.10 Å². The first-order chi connectivity index (χ1) is 13.9. The number of amides is 2. The second-order valence-corrected chi connectivity index (χ2v) is 7.15. The van der Waals surface area contributed by atoms with E-state index in [1.807, 2.05) is 0 Å². The Hall–Kier alpha value is -3.29. The maximum atomic E-state index is 14.2. The fraction of sp³-hybridized carbons (Fsp3) is 0.286. The predicted octanol–water partition coefficient (Wildman–Crippen LogP) is 2.63. The van der Waals surface area contributed by atoms with Crippen molar-refractivity contribution in [1.82, 2.24) is 10.7 Å². The highest BCUT2D eigenvalue weighted by Crippen LogP contribution is 2.40. The van der Waals surface area contributed by atoms with E-state index in [0.717, 1.165) is 0 Å². The summed E-state index contributed by atoms with van der Waals surface area (Å²) in [6, 6.07) is 7.37. The van der Waals surface area contributed by atoms with Gasteiger partial charge in [-0.05, 0) is 42.3 Å². The van der Waals surface area contributed by atoms with Gasteiger partial charge >= 0.3 is 0 Å². The molecule has 1 atom stereocenters. The minimum Gasteiger partial charge on any atom is -0.487 e. The lowest BCUT2D eigenvalue weighted by atomic mass is 9.99. The summed E-state index contributed by atoms with van der Waals surface area (Å²) >= 11 is 0. The summed E-state index contributed by atoms with van der Waals surface area (Å²) in [5.74, 6) is -0.780. The van der Waals surface area contributed by atoms with Crippen LogP contribution in [0, 0.1) is 18.6 Å². The number of nitrogens with zero attached hydrogens (tertiary/aromatic N) is 1. The number of benzene rings is 2. The van der Waals surface area contributed by atoms with Crippen molar-refractivity contribution in [3.63, 3.8) is 0 Å². The van der Waals surface area contributed by atoms with Gasteiger partial charge in [0.05, 0.1) is 6.54 Å². The molecule has 2 aromatic rings. The van der Waals surface area contributed by atoms with E-state index >= 15 is 0 Å². The second-order valence-electron chi connectivity index (χ2n) is 7.15. The quantitative estimate of drug-likeness (QED) is 0.830. The van der Waals surface area contributed by atoms with Gasteiger partial charge in [-0.3, -0.25) is 9.59 Å². The molecule has 2 N–H and O–H groups in total. The molecule has 0 radical (unpaired) electrons. The third-order valence-corrected chi connectivity index (χ3v) is 4.99. The monoisotopic (exact) mass is 399 g/mol. The van der Waals surface area contributed by atoms with Crippen LogP contribution >= 0.6 is 0 Å². The Morgan fingerprint density at radius 1 is 1.28 bits per heavy atom. The van der Waals surface area contributed by atoms with Crippen molar-refractivity contribution >= 4 is 17.5 Å². The molecule has 0 saturated heterocycles. The second kappa shape index (κ2) is 7.62. The van der Waals surface area contributed by atoms with Gasteiger partial charge in [-0.1, -0.05) is 6.07 Å². The molecule has 0 aromatic heterocycles. The molecule has 29 heavy (non-hydrogen) atoms. The van der Waals surface area contributed by atoms with E-state index in [2.05, 4.69) is 15.8 Å². The lowest BCUT2D eigenvalue weighted by molar-refractivity contribution is -0.121. The Morgan fingerprint density at radius 2 is 2.10 bits per heavy atom. The van der Waals surface area contributed by atoms with Crippen LogP contribution in [0.3, 0.4) is 0 Å². The molecule has 4 rings (SSSR count). The van der Waals surface area contributed by atoms with Crippen molar-refractivity contribution in [2.45, 2.75) is 32.3 Å². The first kappa shape index (κ1) is 19.0. The standard InChI is InChI=1S/C21H19F2N3O3/c1-11-6-12(2-3-17(11)23)16-9-14(22)7-13-8-15(29-20(13)16)10-24-21(28)18-4-5-19(27)26-25-18/h2-3,6-7,9,15H,4-5,8,10H2,1H3,(H,24,28)(H,26,27). The van der Waals surface area contributed by atoms with Gasteiger partial charge in [0.15, 0.2) is 0 Å². The van der Waals surface area contributed by atoms with Gasteiger partial charge < -0.3 is 10.1 Å². The topological polar surface area (TPSA) is 79.8 Å². The normalized spacial score (nSPS) is 17.8. The lowest BCUT2D eigenvalue weighted by Gasteiger charge is -2.15. The van der Waals surface area contributed by atoms with Crippen LogP contribution in [-0.2, 0) is 16.0 Å². The summed E-state index contributed by atoms with van der Waals surface area (Å²) in [6.45, 7) is 1.86. The number of aryl methyl sites for hydroxylation is 1. The van der Waals surface area contributed by atoms with Crippen LogP contribution in [-0.4, -0.2) is 30.2 Å². The summed E-state index contributed by atoms with van der Waals surface area (Å²) in [5.41, 5.74) is 4.92. The van der Waals surface area contributed by atoms with Crippen molar-refractivity contribution in [1.29, 1.82) is 0 Å². The molecule has 1 unspecified atom stereocenters. The van der Waals surface area contributed by atoms with Gasteiger partial charge in [-0.2, -0.15) is 5.10 Å². The third kappa shape index (κ3) is 3.96. The number of ether oxygens (including phenoxy) is 1. The minimum atomic E-state index is -0.402. The summed E-state index contributed by atoms with van der Waals surface area (Å²) < 4.78 is 33.7. The largest absolute Gasteiger partial charge is 0.487 e. The maximum absolute atomic E-state index is 14.2. The Bertz CT molecular complexity index is 1040. The summed E-state index contributed by atoms with van der Waals surface area (Å²) in [4.78, 5) is 23.3. The van der Waals surface area contributed by atoms with E-state index in [-0.39, 0.29) is 48.8 Å². The average molecular weight is 399 g/mol. The summed E-state index contributed by atoms with van der Waals surface area (Å²) in [7, 11) is 0. The summed E-state index contributed by atoms with van der Waals surface area (Å²) in [6.07, 6.45) is 0.568. The van der Waals surface area contributed by atoms with Gasteiger partial charge in [0, 0.05) is 30.4 Å². The van der Waals surface area contributed by atoms with Crippen LogP contribution in [0.25, 0.3) is 11.1 Å². The van der Waals surface area contributed by atoms with Gasteiger partial charge in [0.2, 0.25) is 5.91 Å². The third-order valence-electron chi connectivity index (χ3n) is 4.99. The molecule has 0 spiro atoms. The number of hydrazone groups is 1. The zero-order valence-electron chi connectivity index (χ0n) is 15.7. The zero-order valence-corrected chi connectivity index (χ0v) is 15.7. The van der Waals surface area contributed by atoms with E-state index in [1.54, 1.807) is 19.1 Å². The van der Waals surface area contributed by atoms with Crippen LogP contribution in [0.5, 0.6) is 5.75 Å². The SMILES string of the molecule is Cc1cc(-c2cc(F)cc3c2OC(CNC(=O)C2=NNC(=O)CC2)C3)ccc1F. The van der Waals surface area contributed by atoms with Crippen LogP contribution in [0.4, 0.5) is 8.78 Å². The number of carbonyl (C=O) groups excluding carboxylic acids is 2. The minimum absolute atomic E-state index is 0.212. The highest BCUT2D eigenvalue weighted by atomic mass is 19.1. The maximum Gasteiger partial charge on any atom is 0.267 e. The lowest BCUT2D eigenvalue weighted by Crippen LogP contribution is -2.41. The molecule has 0 bridgehead atoms. The summed E-state index contributed by atoms with van der Waals surface area (Å²) in [5, 5.41) is 6.50. The van der Waals surface area contributed by atoms with Gasteiger partial charge in [0.1, 0.15) is 29.2 Å². The van der Waals surface area contributed by atoms with E-state index in [0.29, 0.717) is 34.4 Å². The smallest absolute Gasteiger partial charge is 0.267 e. The number of halogens is 2. The molecule has 8 heteroatoms. The molecule has 2 heterocycles. The first-order valence-electron chi connectivity index (χ1n) is 9.30. The molecule has 2 amide bonds. The molecule has 150 valence electrons. The fourth-order valence-electron chi connectivity index (χ4n) is 3.48. The molecule has 0 fully saturated rings. The van der Waals surface area contributed by atoms with Crippen LogP contribution < -0.4 is 15.5 Å². The van der Waals surface area contributed by atoms with Crippen LogP contribution in [0.2, 0.25) is 0 Å². The number of hydrogen-bond acceptors (Lipinski definition) is 4. The van der Waals surface area contributed by atoms with E-state index in [1.165, 1.54) is 18.2 Å². The van der Waals surface area contributed by atoms with Gasteiger partial charge in [-0.25, -0.2) is 14.2 Å². The van der Waals surface area contributed by atoms with Crippen molar-refractivity contribution in [2.75, 3.05) is 6.54 Å². The zero-order chi connectivity index (χ0) is 20.5. The first-order valence-corrected chi connectivity index (χ1v) is 9.30. The van der Waals surface area contributed by atoms with E-state index in [4.69, 9.17) is 4.74 Å². The number of hydrogen-bond donors (Lipinski definition) is 2. The Labute approximate surface area is 165 Å². The van der Waals surface area contributed by atoms with E-state index < -0.39 is 5.82 Å². The Morgan fingerprint density at radius 3 is 2.83 bits per heavy atom. The molecular formula is C21H19F2N3O3. The predicted molar refractivity (Wildman–Crippen MR) is 102 cm³/mol. The highest BCUT2D eigenvalue weighted by Gasteiger charge is 2.28. The molecule has 2 aliphatic heterocycles. The molecule has 0 saturated carbocycles.